The van der Waals surface area contributed by atoms with Gasteiger partial charge in [0.25, 0.3) is 5.91 Å². The quantitative estimate of drug-likeness (QED) is 0.450. The summed E-state index contributed by atoms with van der Waals surface area (Å²) in [6, 6.07) is 26.9. The molecule has 2 aliphatic heterocycles. The number of benzene rings is 3. The fourth-order valence-electron chi connectivity index (χ4n) is 5.42. The van der Waals surface area contributed by atoms with E-state index in [1.165, 1.54) is 10.5 Å². The summed E-state index contributed by atoms with van der Waals surface area (Å²) >= 11 is 0. The monoisotopic (exact) mass is 494 g/mol. The van der Waals surface area contributed by atoms with E-state index in [0.29, 0.717) is 24.2 Å². The van der Waals surface area contributed by atoms with E-state index in [4.69, 9.17) is 4.74 Å². The molecule has 3 aromatic carbocycles. The van der Waals surface area contributed by atoms with Crippen molar-refractivity contribution >= 4 is 11.9 Å². The van der Waals surface area contributed by atoms with Crippen molar-refractivity contribution in [2.75, 3.05) is 20.2 Å². The summed E-state index contributed by atoms with van der Waals surface area (Å²) < 4.78 is 5.33. The maximum atomic E-state index is 14.0. The van der Waals surface area contributed by atoms with Gasteiger partial charge in [0, 0.05) is 26.2 Å². The Morgan fingerprint density at radius 3 is 2.22 bits per heavy atom. The first kappa shape index (κ1) is 24.5. The molecule has 3 aromatic rings. The maximum absolute atomic E-state index is 14.0. The molecule has 2 aliphatic rings. The minimum atomic E-state index is -0.897. The van der Waals surface area contributed by atoms with Crippen LogP contribution in [0.1, 0.15) is 35.1 Å². The summed E-state index contributed by atoms with van der Waals surface area (Å²) in [7, 11) is 1.60. The highest BCUT2D eigenvalue weighted by atomic mass is 16.5. The smallest absolute Gasteiger partial charge is 0.328 e. The average Bonchev–Trinajstić information content (AvgIpc) is 3.12. The fourth-order valence-corrected chi connectivity index (χ4v) is 5.42. The zero-order chi connectivity index (χ0) is 25.8. The number of methoxy groups -OCH3 is 1. The molecular formula is C30H30N4O3. The van der Waals surface area contributed by atoms with E-state index in [0.717, 1.165) is 30.8 Å². The van der Waals surface area contributed by atoms with Crippen molar-refractivity contribution in [1.82, 2.24) is 14.7 Å². The first-order chi connectivity index (χ1) is 18.0. The number of nitriles is 1. The minimum absolute atomic E-state index is 0.142. The Hall–Kier alpha value is -4.15. The van der Waals surface area contributed by atoms with Gasteiger partial charge in [-0.15, -0.1) is 0 Å². The van der Waals surface area contributed by atoms with Crippen LogP contribution in [-0.2, 0) is 24.4 Å². The van der Waals surface area contributed by atoms with Crippen LogP contribution in [0.15, 0.2) is 78.9 Å². The first-order valence-electron chi connectivity index (χ1n) is 12.5. The summed E-state index contributed by atoms with van der Waals surface area (Å²) in [5.74, 6) is 0.543. The number of hydrogen-bond acceptors (Lipinski definition) is 5. The van der Waals surface area contributed by atoms with Crippen LogP contribution < -0.4 is 4.74 Å². The second kappa shape index (κ2) is 10.5. The highest BCUT2D eigenvalue weighted by Crippen LogP contribution is 2.39. The van der Waals surface area contributed by atoms with E-state index in [1.807, 2.05) is 54.6 Å². The third-order valence-electron chi connectivity index (χ3n) is 7.43. The second-order valence-electron chi connectivity index (χ2n) is 9.72. The van der Waals surface area contributed by atoms with Gasteiger partial charge in [-0.3, -0.25) is 14.6 Å². The van der Waals surface area contributed by atoms with E-state index >= 15 is 0 Å². The molecule has 5 rings (SSSR count). The molecule has 1 spiro atoms. The van der Waals surface area contributed by atoms with Crippen LogP contribution in [0, 0.1) is 11.3 Å². The van der Waals surface area contributed by atoms with Gasteiger partial charge in [0.1, 0.15) is 11.3 Å². The van der Waals surface area contributed by atoms with E-state index < -0.39 is 5.54 Å². The van der Waals surface area contributed by atoms with Gasteiger partial charge in [-0.2, -0.15) is 5.26 Å². The standard InChI is InChI=1S/C30H30N4O3/c1-37-27-12-6-11-26(18-27)21-33-28(35)30(13-15-32(16-14-30)20-23-7-3-2-4-8-23)34(29(33)36)22-25-10-5-9-24(17-25)19-31/h2-12,17-18H,13-16,20-22H2,1H3. The normalized spacial score (nSPS) is 17.3. The Bertz CT molecular complexity index is 1330. The summed E-state index contributed by atoms with van der Waals surface area (Å²) in [4.78, 5) is 33.3. The molecule has 0 aromatic heterocycles. The predicted octanol–water partition coefficient (Wildman–Crippen LogP) is 4.57. The molecule has 37 heavy (non-hydrogen) atoms. The Morgan fingerprint density at radius 2 is 1.51 bits per heavy atom. The van der Waals surface area contributed by atoms with Gasteiger partial charge in [-0.1, -0.05) is 54.6 Å². The SMILES string of the molecule is COc1cccc(CN2C(=O)N(Cc3cccc(C#N)c3)C3(CCN(Cc4ccccc4)CC3)C2=O)c1. The van der Waals surface area contributed by atoms with Crippen LogP contribution in [0.5, 0.6) is 5.75 Å². The Balaban J connectivity index is 1.41. The summed E-state index contributed by atoms with van der Waals surface area (Å²) in [5.41, 5.74) is 2.55. The molecule has 2 heterocycles. The number of nitrogens with zero attached hydrogens (tertiary/aromatic N) is 4. The molecule has 2 fully saturated rings. The molecule has 0 saturated carbocycles. The number of carbonyl (C=O) groups excluding carboxylic acids is 2. The summed E-state index contributed by atoms with van der Waals surface area (Å²) in [5, 5.41) is 9.35. The zero-order valence-corrected chi connectivity index (χ0v) is 21.0. The lowest BCUT2D eigenvalue weighted by atomic mass is 9.85. The zero-order valence-electron chi connectivity index (χ0n) is 21.0. The molecule has 7 nitrogen and oxygen atoms in total. The number of amides is 3. The van der Waals surface area contributed by atoms with Crippen LogP contribution in [0.25, 0.3) is 0 Å². The average molecular weight is 495 g/mol. The van der Waals surface area contributed by atoms with Gasteiger partial charge < -0.3 is 9.64 Å². The Morgan fingerprint density at radius 1 is 0.838 bits per heavy atom. The van der Waals surface area contributed by atoms with Crippen molar-refractivity contribution in [2.45, 2.75) is 38.0 Å². The lowest BCUT2D eigenvalue weighted by molar-refractivity contribution is -0.136. The summed E-state index contributed by atoms with van der Waals surface area (Å²) in [6.45, 7) is 2.73. The van der Waals surface area contributed by atoms with Crippen LogP contribution in [0.3, 0.4) is 0 Å². The molecule has 0 atom stereocenters. The molecule has 0 radical (unpaired) electrons. The molecular weight excluding hydrogens is 464 g/mol. The van der Waals surface area contributed by atoms with Crippen LogP contribution in [-0.4, -0.2) is 52.4 Å². The highest BCUT2D eigenvalue weighted by Gasteiger charge is 2.57. The molecule has 0 unspecified atom stereocenters. The van der Waals surface area contributed by atoms with Gasteiger partial charge >= 0.3 is 6.03 Å². The fraction of sp³-hybridized carbons (Fsp3) is 0.300. The molecule has 0 N–H and O–H groups in total. The van der Waals surface area contributed by atoms with Crippen molar-refractivity contribution in [2.24, 2.45) is 0 Å². The second-order valence-corrected chi connectivity index (χ2v) is 9.72. The van der Waals surface area contributed by atoms with Crippen LogP contribution in [0.2, 0.25) is 0 Å². The molecule has 188 valence electrons. The van der Waals surface area contributed by atoms with Gasteiger partial charge in [0.2, 0.25) is 0 Å². The third-order valence-corrected chi connectivity index (χ3v) is 7.43. The minimum Gasteiger partial charge on any atom is -0.497 e. The van der Waals surface area contributed by atoms with E-state index in [-0.39, 0.29) is 25.0 Å². The number of ether oxygens (including phenoxy) is 1. The molecule has 2 saturated heterocycles. The topological polar surface area (TPSA) is 76.9 Å². The Labute approximate surface area is 217 Å². The molecule has 0 aliphatic carbocycles. The van der Waals surface area contributed by atoms with Gasteiger partial charge in [0.15, 0.2) is 0 Å². The maximum Gasteiger partial charge on any atom is 0.328 e. The lowest BCUT2D eigenvalue weighted by Crippen LogP contribution is -2.56. The number of imide groups is 1. The van der Waals surface area contributed by atoms with Crippen molar-refractivity contribution < 1.29 is 14.3 Å². The van der Waals surface area contributed by atoms with Crippen LogP contribution in [0.4, 0.5) is 4.79 Å². The van der Waals surface area contributed by atoms with E-state index in [1.54, 1.807) is 24.1 Å². The van der Waals surface area contributed by atoms with Crippen molar-refractivity contribution in [1.29, 1.82) is 5.26 Å². The lowest BCUT2D eigenvalue weighted by Gasteiger charge is -2.42. The van der Waals surface area contributed by atoms with Crippen LogP contribution >= 0.6 is 0 Å². The van der Waals surface area contributed by atoms with E-state index in [2.05, 4.69) is 23.1 Å². The highest BCUT2D eigenvalue weighted by molar-refractivity contribution is 6.07. The van der Waals surface area contributed by atoms with Crippen molar-refractivity contribution in [3.8, 4) is 11.8 Å². The number of likely N-dealkylation sites (tertiary alicyclic amines) is 1. The summed E-state index contributed by atoms with van der Waals surface area (Å²) in [6.07, 6.45) is 1.13. The third kappa shape index (κ3) is 4.93. The number of carbonyl (C=O) groups is 2. The number of rotatable bonds is 7. The van der Waals surface area contributed by atoms with Gasteiger partial charge in [0.05, 0.1) is 25.3 Å². The predicted molar refractivity (Wildman–Crippen MR) is 139 cm³/mol. The molecule has 0 bridgehead atoms. The number of urea groups is 1. The van der Waals surface area contributed by atoms with Gasteiger partial charge in [-0.05, 0) is 53.8 Å². The van der Waals surface area contributed by atoms with Crippen molar-refractivity contribution in [3.05, 3.63) is 101 Å². The van der Waals surface area contributed by atoms with Crippen molar-refractivity contribution in [3.63, 3.8) is 0 Å². The number of piperidine rings is 1. The largest absolute Gasteiger partial charge is 0.497 e. The number of hydrogen-bond donors (Lipinski definition) is 0. The molecule has 3 amide bonds. The first-order valence-corrected chi connectivity index (χ1v) is 12.5. The molecule has 7 heteroatoms. The van der Waals surface area contributed by atoms with E-state index in [9.17, 15) is 14.9 Å². The Kier molecular flexibility index (Phi) is 6.93. The van der Waals surface area contributed by atoms with Gasteiger partial charge in [-0.25, -0.2) is 4.79 Å².